The van der Waals surface area contributed by atoms with E-state index in [0.717, 1.165) is 30.8 Å². The molecule has 108 valence electrons. The van der Waals surface area contributed by atoms with Crippen LogP contribution in [0, 0.1) is 6.92 Å². The molecule has 0 aromatic heterocycles. The lowest BCUT2D eigenvalue weighted by molar-refractivity contribution is 0.0372. The number of nitrogen functional groups attached to an aromatic ring is 1. The van der Waals surface area contributed by atoms with Crippen molar-refractivity contribution in [2.24, 2.45) is 0 Å². The number of rotatable bonds is 1. The Bertz CT molecular complexity index is 514. The molecule has 3 rings (SSSR count). The molecule has 2 fully saturated rings. The number of hydrogen-bond acceptors (Lipinski definition) is 3. The predicted molar refractivity (Wildman–Crippen MR) is 80.7 cm³/mol. The number of piperidine rings is 1. The third-order valence-corrected chi connectivity index (χ3v) is 4.73. The van der Waals surface area contributed by atoms with Crippen LogP contribution in [0.5, 0.6) is 0 Å². The average Bonchev–Trinajstić information content (AvgIpc) is 2.49. The van der Waals surface area contributed by atoms with Crippen molar-refractivity contribution >= 4 is 11.6 Å². The predicted octanol–water partition coefficient (Wildman–Crippen LogP) is 1.89. The molecule has 0 bridgehead atoms. The van der Waals surface area contributed by atoms with E-state index in [4.69, 9.17) is 5.73 Å². The molecule has 2 aliphatic heterocycles. The Morgan fingerprint density at radius 3 is 2.95 bits per heavy atom. The number of fused-ring (bicyclic) bond motifs is 1. The fourth-order valence-corrected chi connectivity index (χ4v) is 3.40. The SMILES string of the molecule is Cc1c(N)cccc1C(=O)N1CCN2CCCCC2C1. The highest BCUT2D eigenvalue weighted by Crippen LogP contribution is 2.23. The number of anilines is 1. The van der Waals surface area contributed by atoms with Crippen molar-refractivity contribution in [3.8, 4) is 0 Å². The molecule has 0 saturated carbocycles. The maximum absolute atomic E-state index is 12.7. The van der Waals surface area contributed by atoms with E-state index < -0.39 is 0 Å². The first kappa shape index (κ1) is 13.4. The van der Waals surface area contributed by atoms with Crippen LogP contribution in [-0.4, -0.2) is 47.9 Å². The molecule has 4 heteroatoms. The Morgan fingerprint density at radius 2 is 2.10 bits per heavy atom. The molecule has 0 spiro atoms. The molecule has 0 aliphatic carbocycles. The molecule has 2 N–H and O–H groups in total. The molecule has 1 aromatic rings. The second-order valence-corrected chi connectivity index (χ2v) is 5.96. The number of hydrogen-bond donors (Lipinski definition) is 1. The largest absolute Gasteiger partial charge is 0.398 e. The number of nitrogens with zero attached hydrogens (tertiary/aromatic N) is 2. The van der Waals surface area contributed by atoms with Crippen LogP contribution in [0.15, 0.2) is 18.2 Å². The second kappa shape index (κ2) is 5.44. The summed E-state index contributed by atoms with van der Waals surface area (Å²) in [5.41, 5.74) is 8.28. The van der Waals surface area contributed by atoms with E-state index in [-0.39, 0.29) is 5.91 Å². The van der Waals surface area contributed by atoms with E-state index >= 15 is 0 Å². The maximum atomic E-state index is 12.7. The van der Waals surface area contributed by atoms with Crippen molar-refractivity contribution in [2.45, 2.75) is 32.2 Å². The summed E-state index contributed by atoms with van der Waals surface area (Å²) in [5, 5.41) is 0. The van der Waals surface area contributed by atoms with Gasteiger partial charge in [-0.05, 0) is 44.0 Å². The third-order valence-electron chi connectivity index (χ3n) is 4.73. The fraction of sp³-hybridized carbons (Fsp3) is 0.562. The van der Waals surface area contributed by atoms with Crippen molar-refractivity contribution in [3.05, 3.63) is 29.3 Å². The Morgan fingerprint density at radius 1 is 1.25 bits per heavy atom. The monoisotopic (exact) mass is 273 g/mol. The minimum atomic E-state index is 0.139. The van der Waals surface area contributed by atoms with Gasteiger partial charge in [0.25, 0.3) is 5.91 Å². The summed E-state index contributed by atoms with van der Waals surface area (Å²) in [4.78, 5) is 17.2. The van der Waals surface area contributed by atoms with E-state index in [0.29, 0.717) is 11.7 Å². The topological polar surface area (TPSA) is 49.6 Å². The van der Waals surface area contributed by atoms with Gasteiger partial charge in [-0.1, -0.05) is 12.5 Å². The van der Waals surface area contributed by atoms with Crippen molar-refractivity contribution < 1.29 is 4.79 Å². The van der Waals surface area contributed by atoms with E-state index in [1.54, 1.807) is 0 Å². The lowest BCUT2D eigenvalue weighted by atomic mass is 9.98. The highest BCUT2D eigenvalue weighted by molar-refractivity contribution is 5.97. The Hall–Kier alpha value is -1.55. The molecular formula is C16H23N3O. The van der Waals surface area contributed by atoms with Crippen molar-refractivity contribution in [3.63, 3.8) is 0 Å². The quantitative estimate of drug-likeness (QED) is 0.795. The number of carbonyl (C=O) groups excluding carboxylic acids is 1. The molecular weight excluding hydrogens is 250 g/mol. The third kappa shape index (κ3) is 2.40. The molecule has 1 amide bonds. The first-order valence-electron chi connectivity index (χ1n) is 7.55. The van der Waals surface area contributed by atoms with Crippen LogP contribution < -0.4 is 5.73 Å². The molecule has 4 nitrogen and oxygen atoms in total. The minimum absolute atomic E-state index is 0.139. The molecule has 20 heavy (non-hydrogen) atoms. The van der Waals surface area contributed by atoms with E-state index in [1.165, 1.54) is 25.8 Å². The van der Waals surface area contributed by atoms with Crippen LogP contribution in [0.4, 0.5) is 5.69 Å². The van der Waals surface area contributed by atoms with Crippen LogP contribution in [0.1, 0.15) is 35.2 Å². The van der Waals surface area contributed by atoms with Gasteiger partial charge < -0.3 is 10.6 Å². The Balaban J connectivity index is 1.76. The Labute approximate surface area is 120 Å². The summed E-state index contributed by atoms with van der Waals surface area (Å²) in [7, 11) is 0. The Kier molecular flexibility index (Phi) is 3.66. The number of carbonyl (C=O) groups is 1. The van der Waals surface area contributed by atoms with Crippen molar-refractivity contribution in [1.29, 1.82) is 0 Å². The summed E-state index contributed by atoms with van der Waals surface area (Å²) in [6.07, 6.45) is 3.82. The highest BCUT2D eigenvalue weighted by atomic mass is 16.2. The average molecular weight is 273 g/mol. The maximum Gasteiger partial charge on any atom is 0.254 e. The number of benzene rings is 1. The van der Waals surface area contributed by atoms with Crippen molar-refractivity contribution in [2.75, 3.05) is 31.9 Å². The van der Waals surface area contributed by atoms with Gasteiger partial charge in [-0.2, -0.15) is 0 Å². The fourth-order valence-electron chi connectivity index (χ4n) is 3.40. The smallest absolute Gasteiger partial charge is 0.254 e. The summed E-state index contributed by atoms with van der Waals surface area (Å²) < 4.78 is 0. The second-order valence-electron chi connectivity index (χ2n) is 5.96. The van der Waals surface area contributed by atoms with Crippen LogP contribution >= 0.6 is 0 Å². The minimum Gasteiger partial charge on any atom is -0.398 e. The summed E-state index contributed by atoms with van der Waals surface area (Å²) >= 11 is 0. The molecule has 1 unspecified atom stereocenters. The zero-order valence-corrected chi connectivity index (χ0v) is 12.1. The summed E-state index contributed by atoms with van der Waals surface area (Å²) in [6, 6.07) is 6.17. The molecule has 1 aromatic carbocycles. The summed E-state index contributed by atoms with van der Waals surface area (Å²) in [6.45, 7) is 5.85. The number of piperazine rings is 1. The van der Waals surface area contributed by atoms with Gasteiger partial charge in [0, 0.05) is 36.9 Å². The molecule has 0 radical (unpaired) electrons. The van der Waals surface area contributed by atoms with Gasteiger partial charge in [-0.25, -0.2) is 0 Å². The van der Waals surface area contributed by atoms with E-state index in [1.807, 2.05) is 30.0 Å². The molecule has 2 heterocycles. The van der Waals surface area contributed by atoms with Gasteiger partial charge in [-0.15, -0.1) is 0 Å². The number of amides is 1. The van der Waals surface area contributed by atoms with E-state index in [2.05, 4.69) is 4.90 Å². The molecule has 1 atom stereocenters. The van der Waals surface area contributed by atoms with Gasteiger partial charge in [0.15, 0.2) is 0 Å². The van der Waals surface area contributed by atoms with Gasteiger partial charge in [0.1, 0.15) is 0 Å². The van der Waals surface area contributed by atoms with Gasteiger partial charge in [0.05, 0.1) is 0 Å². The van der Waals surface area contributed by atoms with Gasteiger partial charge >= 0.3 is 0 Å². The molecule has 2 aliphatic rings. The lowest BCUT2D eigenvalue weighted by Gasteiger charge is -2.44. The van der Waals surface area contributed by atoms with Crippen LogP contribution in [0.25, 0.3) is 0 Å². The first-order valence-corrected chi connectivity index (χ1v) is 7.55. The molecule has 2 saturated heterocycles. The van der Waals surface area contributed by atoms with Crippen molar-refractivity contribution in [1.82, 2.24) is 9.80 Å². The lowest BCUT2D eigenvalue weighted by Crippen LogP contribution is -2.56. The number of nitrogens with two attached hydrogens (primary N) is 1. The van der Waals surface area contributed by atoms with Crippen LogP contribution in [-0.2, 0) is 0 Å². The normalized spacial score (nSPS) is 23.4. The van der Waals surface area contributed by atoms with E-state index in [9.17, 15) is 4.79 Å². The zero-order chi connectivity index (χ0) is 14.1. The zero-order valence-electron chi connectivity index (χ0n) is 12.1. The first-order chi connectivity index (χ1) is 9.66. The highest BCUT2D eigenvalue weighted by Gasteiger charge is 2.31. The van der Waals surface area contributed by atoms with Gasteiger partial charge in [0.2, 0.25) is 0 Å². The van der Waals surface area contributed by atoms with Crippen LogP contribution in [0.3, 0.4) is 0 Å². The van der Waals surface area contributed by atoms with Crippen LogP contribution in [0.2, 0.25) is 0 Å². The summed E-state index contributed by atoms with van der Waals surface area (Å²) in [5.74, 6) is 0.139. The van der Waals surface area contributed by atoms with Gasteiger partial charge in [-0.3, -0.25) is 9.69 Å². The standard InChI is InChI=1S/C16H23N3O/c1-12-14(6-4-7-15(12)17)16(20)19-10-9-18-8-3-2-5-13(18)11-19/h4,6-7,13H,2-3,5,8-11,17H2,1H3.